The molecule has 2 N–H and O–H groups in total. The van der Waals surface area contributed by atoms with E-state index in [1.165, 1.54) is 0 Å². The minimum Gasteiger partial charge on any atom is -0.376 e. The number of hydrogen-bond acceptors (Lipinski definition) is 7. The third-order valence-electron chi connectivity index (χ3n) is 2.32. The van der Waals surface area contributed by atoms with Crippen LogP contribution in [-0.2, 0) is 9.47 Å². The minimum absolute atomic E-state index is 0.0110. The smallest absolute Gasteiger partial charge is 0.228 e. The molecule has 0 aliphatic carbocycles. The Morgan fingerprint density at radius 2 is 2.00 bits per heavy atom. The number of rotatable bonds is 5. The summed E-state index contributed by atoms with van der Waals surface area (Å²) >= 11 is 5.81. The molecule has 1 aromatic rings. The maximum atomic E-state index is 5.81. The van der Waals surface area contributed by atoms with Crippen LogP contribution in [0.4, 0.5) is 11.9 Å². The van der Waals surface area contributed by atoms with Gasteiger partial charge in [0.25, 0.3) is 0 Å². The lowest BCUT2D eigenvalue weighted by molar-refractivity contribution is -0.0819. The highest BCUT2D eigenvalue weighted by Gasteiger charge is 2.14. The Morgan fingerprint density at radius 3 is 2.67 bits per heavy atom. The molecule has 0 radical (unpaired) electrons. The molecule has 1 aliphatic rings. The first-order valence-corrected chi connectivity index (χ1v) is 6.24. The first-order valence-electron chi connectivity index (χ1n) is 5.86. The van der Waals surface area contributed by atoms with Crippen molar-refractivity contribution in [3.8, 4) is 0 Å². The predicted molar refractivity (Wildman–Crippen MR) is 68.0 cm³/mol. The predicted octanol–water partition coefficient (Wildman–Crippen LogP) is 0.784. The van der Waals surface area contributed by atoms with E-state index < -0.39 is 0 Å². The maximum Gasteiger partial charge on any atom is 0.228 e. The van der Waals surface area contributed by atoms with Crippen molar-refractivity contribution in [1.29, 1.82) is 0 Å². The van der Waals surface area contributed by atoms with Gasteiger partial charge in [-0.25, -0.2) is 0 Å². The molecule has 1 unspecified atom stereocenters. The van der Waals surface area contributed by atoms with Crippen LogP contribution in [0.25, 0.3) is 0 Å². The van der Waals surface area contributed by atoms with Crippen molar-refractivity contribution in [1.82, 2.24) is 15.0 Å². The standard InChI is InChI=1S/C10H16ClN5O2/c1-2-12-9-14-8(11)15-10(16-9)13-5-7-6-17-3-4-18-7/h7H,2-6H2,1H3,(H2,12,13,14,15,16). The zero-order valence-electron chi connectivity index (χ0n) is 10.1. The van der Waals surface area contributed by atoms with Crippen molar-refractivity contribution in [2.24, 2.45) is 0 Å². The normalized spacial score (nSPS) is 19.6. The van der Waals surface area contributed by atoms with Crippen LogP contribution in [0.15, 0.2) is 0 Å². The van der Waals surface area contributed by atoms with Gasteiger partial charge in [-0.15, -0.1) is 0 Å². The zero-order chi connectivity index (χ0) is 12.8. The molecule has 1 atom stereocenters. The van der Waals surface area contributed by atoms with Crippen molar-refractivity contribution in [3.63, 3.8) is 0 Å². The van der Waals surface area contributed by atoms with Crippen LogP contribution in [-0.4, -0.2) is 54.0 Å². The molecule has 18 heavy (non-hydrogen) atoms. The Bertz CT molecular complexity index is 387. The summed E-state index contributed by atoms with van der Waals surface area (Å²) in [7, 11) is 0. The summed E-state index contributed by atoms with van der Waals surface area (Å²) in [5, 5.41) is 6.20. The van der Waals surface area contributed by atoms with Gasteiger partial charge < -0.3 is 20.1 Å². The number of hydrogen-bond donors (Lipinski definition) is 2. The lowest BCUT2D eigenvalue weighted by Crippen LogP contribution is -2.34. The second-order valence-corrected chi connectivity index (χ2v) is 4.07. The summed E-state index contributed by atoms with van der Waals surface area (Å²) in [6.07, 6.45) is 0.0110. The quantitative estimate of drug-likeness (QED) is 0.821. The highest BCUT2D eigenvalue weighted by molar-refractivity contribution is 6.28. The van der Waals surface area contributed by atoms with Crippen LogP contribution in [0.5, 0.6) is 0 Å². The highest BCUT2D eigenvalue weighted by atomic mass is 35.5. The summed E-state index contributed by atoms with van der Waals surface area (Å²) in [5.41, 5.74) is 0. The molecule has 2 heterocycles. The maximum absolute atomic E-state index is 5.81. The fraction of sp³-hybridized carbons (Fsp3) is 0.700. The molecular weight excluding hydrogens is 258 g/mol. The Labute approximate surface area is 110 Å². The van der Waals surface area contributed by atoms with E-state index in [0.29, 0.717) is 38.3 Å². The summed E-state index contributed by atoms with van der Waals surface area (Å²) in [4.78, 5) is 12.1. The van der Waals surface area contributed by atoms with Crippen LogP contribution in [0, 0.1) is 0 Å². The molecule has 100 valence electrons. The molecule has 0 aromatic carbocycles. The second-order valence-electron chi connectivity index (χ2n) is 3.73. The summed E-state index contributed by atoms with van der Waals surface area (Å²) in [6.45, 7) is 5.10. The van der Waals surface area contributed by atoms with Gasteiger partial charge in [0, 0.05) is 13.1 Å². The van der Waals surface area contributed by atoms with E-state index >= 15 is 0 Å². The molecule has 1 fully saturated rings. The first kappa shape index (κ1) is 13.3. The molecule has 0 spiro atoms. The van der Waals surface area contributed by atoms with Crippen molar-refractivity contribution in [2.75, 3.05) is 43.5 Å². The molecule has 2 rings (SSSR count). The van der Waals surface area contributed by atoms with E-state index in [0.717, 1.165) is 6.54 Å². The van der Waals surface area contributed by atoms with E-state index in [1.807, 2.05) is 6.92 Å². The monoisotopic (exact) mass is 273 g/mol. The van der Waals surface area contributed by atoms with Gasteiger partial charge in [-0.2, -0.15) is 15.0 Å². The fourth-order valence-electron chi connectivity index (χ4n) is 1.53. The van der Waals surface area contributed by atoms with E-state index in [-0.39, 0.29) is 11.4 Å². The molecule has 1 aliphatic heterocycles. The van der Waals surface area contributed by atoms with Gasteiger partial charge in [0.2, 0.25) is 17.2 Å². The van der Waals surface area contributed by atoms with Gasteiger partial charge in [-0.3, -0.25) is 0 Å². The van der Waals surface area contributed by atoms with Crippen molar-refractivity contribution in [2.45, 2.75) is 13.0 Å². The van der Waals surface area contributed by atoms with Gasteiger partial charge in [-0.05, 0) is 18.5 Å². The topological polar surface area (TPSA) is 81.2 Å². The van der Waals surface area contributed by atoms with Crippen LogP contribution in [0.1, 0.15) is 6.92 Å². The van der Waals surface area contributed by atoms with Gasteiger partial charge >= 0.3 is 0 Å². The minimum atomic E-state index is 0.0110. The molecule has 0 bridgehead atoms. The highest BCUT2D eigenvalue weighted by Crippen LogP contribution is 2.10. The number of ether oxygens (including phenoxy) is 2. The molecule has 7 nitrogen and oxygen atoms in total. The van der Waals surface area contributed by atoms with Gasteiger partial charge in [0.15, 0.2) is 0 Å². The second kappa shape index (κ2) is 6.67. The Kier molecular flexibility index (Phi) is 4.91. The Balaban J connectivity index is 1.91. The van der Waals surface area contributed by atoms with E-state index in [2.05, 4.69) is 25.6 Å². The molecular formula is C10H16ClN5O2. The summed E-state index contributed by atoms with van der Waals surface area (Å²) in [6, 6.07) is 0. The average molecular weight is 274 g/mol. The molecule has 0 amide bonds. The van der Waals surface area contributed by atoms with E-state index in [9.17, 15) is 0 Å². The SMILES string of the molecule is CCNc1nc(Cl)nc(NCC2COCCO2)n1. The van der Waals surface area contributed by atoms with Crippen LogP contribution < -0.4 is 10.6 Å². The summed E-state index contributed by atoms with van der Waals surface area (Å²) < 4.78 is 10.8. The van der Waals surface area contributed by atoms with Gasteiger partial charge in [-0.1, -0.05) is 0 Å². The Morgan fingerprint density at radius 1 is 1.22 bits per heavy atom. The average Bonchev–Trinajstić information content (AvgIpc) is 2.37. The van der Waals surface area contributed by atoms with Crippen molar-refractivity contribution in [3.05, 3.63) is 5.28 Å². The third-order valence-corrected chi connectivity index (χ3v) is 2.48. The molecule has 0 saturated carbocycles. The molecule has 8 heteroatoms. The lowest BCUT2D eigenvalue weighted by Gasteiger charge is -2.23. The zero-order valence-corrected chi connectivity index (χ0v) is 10.9. The van der Waals surface area contributed by atoms with Gasteiger partial charge in [0.1, 0.15) is 0 Å². The molecule has 1 saturated heterocycles. The van der Waals surface area contributed by atoms with E-state index in [1.54, 1.807) is 0 Å². The van der Waals surface area contributed by atoms with Crippen molar-refractivity contribution >= 4 is 23.5 Å². The fourth-order valence-corrected chi connectivity index (χ4v) is 1.69. The Hall–Kier alpha value is -1.18. The van der Waals surface area contributed by atoms with Crippen LogP contribution >= 0.6 is 11.6 Å². The number of nitrogens with one attached hydrogen (secondary N) is 2. The number of anilines is 2. The van der Waals surface area contributed by atoms with E-state index in [4.69, 9.17) is 21.1 Å². The number of nitrogens with zero attached hydrogens (tertiary/aromatic N) is 3. The van der Waals surface area contributed by atoms with Crippen molar-refractivity contribution < 1.29 is 9.47 Å². The first-order chi connectivity index (χ1) is 8.78. The van der Waals surface area contributed by atoms with Crippen LogP contribution in [0.2, 0.25) is 5.28 Å². The number of halogens is 1. The third kappa shape index (κ3) is 3.94. The largest absolute Gasteiger partial charge is 0.376 e. The van der Waals surface area contributed by atoms with Crippen LogP contribution in [0.3, 0.4) is 0 Å². The lowest BCUT2D eigenvalue weighted by atomic mass is 10.3. The van der Waals surface area contributed by atoms with Gasteiger partial charge in [0.05, 0.1) is 25.9 Å². The summed E-state index contributed by atoms with van der Waals surface area (Å²) in [5.74, 6) is 0.890. The molecule has 1 aromatic heterocycles. The number of aromatic nitrogens is 3.